The van der Waals surface area contributed by atoms with Gasteiger partial charge in [0.25, 0.3) is 0 Å². The van der Waals surface area contributed by atoms with Crippen LogP contribution in [0.3, 0.4) is 0 Å². The average Bonchev–Trinajstić information content (AvgIpc) is 3.41. The van der Waals surface area contributed by atoms with E-state index in [-0.39, 0.29) is 54.5 Å². The Hall–Kier alpha value is -2.30. The monoisotopic (exact) mass is 736 g/mol. The normalized spacial score (nSPS) is 42.9. The van der Waals surface area contributed by atoms with Gasteiger partial charge in [-0.3, -0.25) is 4.79 Å². The third-order valence-corrected chi connectivity index (χ3v) is 10.5. The number of hydrogen-bond donors (Lipinski definition) is 9. The Morgan fingerprint density at radius 3 is 2.08 bits per heavy atom. The maximum Gasteiger partial charge on any atom is 0.337 e. The van der Waals surface area contributed by atoms with E-state index in [1.807, 2.05) is 13.8 Å². The molecule has 0 aromatic rings. The van der Waals surface area contributed by atoms with Gasteiger partial charge in [-0.15, -0.1) is 0 Å². The quantitative estimate of drug-likeness (QED) is 0.0665. The Balaban J connectivity index is 1.41. The Morgan fingerprint density at radius 2 is 1.51 bits per heavy atom. The first-order chi connectivity index (χ1) is 24.2. The van der Waals surface area contributed by atoms with E-state index in [2.05, 4.69) is 0 Å². The minimum Gasteiger partial charge on any atom is -0.468 e. The number of aliphatic hydroxyl groups excluding tert-OH is 9. The predicted molar refractivity (Wildman–Crippen MR) is 168 cm³/mol. The third-order valence-electron chi connectivity index (χ3n) is 10.5. The second-order valence-electron chi connectivity index (χ2n) is 13.6. The van der Waals surface area contributed by atoms with Gasteiger partial charge in [0.05, 0.1) is 57.9 Å². The van der Waals surface area contributed by atoms with Crippen molar-refractivity contribution in [2.45, 2.75) is 107 Å². The molecule has 0 aromatic carbocycles. The van der Waals surface area contributed by atoms with Crippen molar-refractivity contribution in [1.29, 1.82) is 0 Å². The van der Waals surface area contributed by atoms with Crippen LogP contribution in [-0.2, 0) is 42.7 Å². The Bertz CT molecular complexity index is 1220. The average molecular weight is 737 g/mol. The second-order valence-corrected chi connectivity index (χ2v) is 13.6. The van der Waals surface area contributed by atoms with Crippen molar-refractivity contribution < 1.29 is 88.7 Å². The van der Waals surface area contributed by atoms with E-state index in [4.69, 9.17) is 33.2 Å². The third kappa shape index (κ3) is 9.09. The first-order valence-corrected chi connectivity index (χ1v) is 17.0. The number of carbonyl (C=O) groups excluding carboxylic acids is 2. The summed E-state index contributed by atoms with van der Waals surface area (Å²) in [4.78, 5) is 26.1. The van der Waals surface area contributed by atoms with Crippen LogP contribution in [0.25, 0.3) is 0 Å². The molecule has 17 atom stereocenters. The lowest BCUT2D eigenvalue weighted by molar-refractivity contribution is -0.327. The standard InChI is InChI=1S/C33H52O18/c1-5-15-17(19(30(44)45-4)12-48-31(15)51-33-29(43)27(41)25(39)22(9-35)50-33)7-23(37)46-11-18-14(3)20(36)6-16(18)13(2)10-47-32-28(42)26(40)24(38)21(8-34)49-32/h5,12-14,16-18,20-22,24-29,31-36,38-43H,6-11H2,1-4H3/b15-5+/t13?,14-,16+,17+,18-,20+,21-,22-,24-,25-,26+,27+,28-,29-,31+,32-,33+/m1/s1. The van der Waals surface area contributed by atoms with Gasteiger partial charge >= 0.3 is 11.9 Å². The van der Waals surface area contributed by atoms with Crippen LogP contribution >= 0.6 is 0 Å². The minimum atomic E-state index is -1.74. The molecule has 3 aliphatic heterocycles. The fourth-order valence-corrected chi connectivity index (χ4v) is 7.19. The van der Waals surface area contributed by atoms with Gasteiger partial charge < -0.3 is 79.1 Å². The first-order valence-electron chi connectivity index (χ1n) is 17.0. The molecule has 3 fully saturated rings. The zero-order valence-corrected chi connectivity index (χ0v) is 28.9. The zero-order chi connectivity index (χ0) is 37.7. The smallest absolute Gasteiger partial charge is 0.337 e. The fourth-order valence-electron chi connectivity index (χ4n) is 7.19. The van der Waals surface area contributed by atoms with Crippen LogP contribution in [0.15, 0.2) is 23.5 Å². The van der Waals surface area contributed by atoms with E-state index in [1.165, 1.54) is 6.08 Å². The highest BCUT2D eigenvalue weighted by Crippen LogP contribution is 2.42. The summed E-state index contributed by atoms with van der Waals surface area (Å²) in [6, 6.07) is 0. The molecule has 18 heteroatoms. The number of carbonyl (C=O) groups is 2. The van der Waals surface area contributed by atoms with E-state index < -0.39 is 105 Å². The summed E-state index contributed by atoms with van der Waals surface area (Å²) in [7, 11) is 1.15. The van der Waals surface area contributed by atoms with E-state index in [9.17, 15) is 55.5 Å². The van der Waals surface area contributed by atoms with Crippen molar-refractivity contribution in [1.82, 2.24) is 0 Å². The lowest BCUT2D eigenvalue weighted by Crippen LogP contribution is -2.60. The maximum absolute atomic E-state index is 13.4. The highest BCUT2D eigenvalue weighted by atomic mass is 16.8. The number of hydrogen-bond acceptors (Lipinski definition) is 18. The highest BCUT2D eigenvalue weighted by Gasteiger charge is 2.48. The first kappa shape index (κ1) is 41.5. The van der Waals surface area contributed by atoms with Crippen LogP contribution in [-0.4, -0.2) is 165 Å². The predicted octanol–water partition coefficient (Wildman–Crippen LogP) is -3.20. The molecule has 0 amide bonds. The Kier molecular flexibility index (Phi) is 14.8. The van der Waals surface area contributed by atoms with E-state index in [0.717, 1.165) is 13.4 Å². The molecule has 9 N–H and O–H groups in total. The van der Waals surface area contributed by atoms with Crippen molar-refractivity contribution >= 4 is 11.9 Å². The number of rotatable bonds is 13. The number of ether oxygens (including phenoxy) is 7. The Labute approximate surface area is 294 Å². The van der Waals surface area contributed by atoms with Crippen molar-refractivity contribution in [3.05, 3.63) is 23.5 Å². The van der Waals surface area contributed by atoms with Crippen molar-refractivity contribution in [3.8, 4) is 0 Å². The molecule has 1 unspecified atom stereocenters. The molecule has 0 aromatic heterocycles. The molecule has 18 nitrogen and oxygen atoms in total. The number of methoxy groups -OCH3 is 1. The van der Waals surface area contributed by atoms with Crippen molar-refractivity contribution in [2.24, 2.45) is 29.6 Å². The molecular weight excluding hydrogens is 684 g/mol. The maximum atomic E-state index is 13.4. The van der Waals surface area contributed by atoms with E-state index >= 15 is 0 Å². The van der Waals surface area contributed by atoms with E-state index in [1.54, 1.807) is 6.92 Å². The molecule has 51 heavy (non-hydrogen) atoms. The fraction of sp³-hybridized carbons (Fsp3) is 0.818. The molecule has 3 heterocycles. The minimum absolute atomic E-state index is 0.00703. The molecular formula is C33H52O18. The van der Waals surface area contributed by atoms with Crippen LogP contribution < -0.4 is 0 Å². The van der Waals surface area contributed by atoms with Crippen molar-refractivity contribution in [3.63, 3.8) is 0 Å². The van der Waals surface area contributed by atoms with Gasteiger partial charge in [0, 0.05) is 17.4 Å². The summed E-state index contributed by atoms with van der Waals surface area (Å²) in [5.41, 5.74) is 0.228. The van der Waals surface area contributed by atoms with Gasteiger partial charge in [-0.25, -0.2) is 4.79 Å². The molecule has 1 saturated carbocycles. The second kappa shape index (κ2) is 18.2. The number of allylic oxidation sites excluding steroid dienone is 1. The SMILES string of the molecule is C/C=C1/[C@H](O[C@@H]2O[C@H](CO)[C@@H](O)[C@H](O)[C@H]2O)OC=C(C(=O)OC)[C@H]1CC(=O)OC[C@@H]1[C@@H](C)[C@@H](O)C[C@H]1C(C)CO[C@@H]1O[C@H](CO)[C@@H](O)[C@H](O)[C@H]1O. The van der Waals surface area contributed by atoms with Gasteiger partial charge in [0.2, 0.25) is 6.29 Å². The van der Waals surface area contributed by atoms with E-state index in [0.29, 0.717) is 6.42 Å². The summed E-state index contributed by atoms with van der Waals surface area (Å²) in [6.45, 7) is 3.89. The van der Waals surface area contributed by atoms with Gasteiger partial charge in [0.1, 0.15) is 48.8 Å². The van der Waals surface area contributed by atoms with Crippen LogP contribution in [0.5, 0.6) is 0 Å². The molecule has 0 bridgehead atoms. The summed E-state index contributed by atoms with van der Waals surface area (Å²) in [5.74, 6) is -3.57. The van der Waals surface area contributed by atoms with Crippen LogP contribution in [0, 0.1) is 29.6 Å². The van der Waals surface area contributed by atoms with Gasteiger partial charge in [0.15, 0.2) is 12.6 Å². The van der Waals surface area contributed by atoms with Gasteiger partial charge in [-0.2, -0.15) is 0 Å². The summed E-state index contributed by atoms with van der Waals surface area (Å²) < 4.78 is 38.6. The molecule has 1 aliphatic carbocycles. The molecule has 4 rings (SSSR count). The van der Waals surface area contributed by atoms with Crippen LogP contribution in [0.2, 0.25) is 0 Å². The topological polar surface area (TPSA) is 281 Å². The molecule has 2 saturated heterocycles. The van der Waals surface area contributed by atoms with Crippen molar-refractivity contribution in [2.75, 3.05) is 33.5 Å². The summed E-state index contributed by atoms with van der Waals surface area (Å²) in [5, 5.41) is 91.0. The van der Waals surface area contributed by atoms with Crippen LogP contribution in [0.4, 0.5) is 0 Å². The summed E-state index contributed by atoms with van der Waals surface area (Å²) >= 11 is 0. The zero-order valence-electron chi connectivity index (χ0n) is 28.9. The Morgan fingerprint density at radius 1 is 0.922 bits per heavy atom. The highest BCUT2D eigenvalue weighted by molar-refractivity contribution is 5.90. The van der Waals surface area contributed by atoms with Gasteiger partial charge in [-0.1, -0.05) is 19.9 Å². The number of aliphatic hydroxyl groups is 9. The lowest BCUT2D eigenvalue weighted by Gasteiger charge is -2.42. The molecule has 0 spiro atoms. The van der Waals surface area contributed by atoms with Gasteiger partial charge in [-0.05, 0) is 31.1 Å². The van der Waals surface area contributed by atoms with Crippen LogP contribution in [0.1, 0.15) is 33.6 Å². The summed E-state index contributed by atoms with van der Waals surface area (Å²) in [6.07, 6.45) is -14.5. The number of esters is 2. The largest absolute Gasteiger partial charge is 0.468 e. The molecule has 4 aliphatic rings. The molecule has 292 valence electrons. The lowest BCUT2D eigenvalue weighted by atomic mass is 9.83. The molecule has 0 radical (unpaired) electrons.